The van der Waals surface area contributed by atoms with E-state index in [4.69, 9.17) is 0 Å². The number of benzene rings is 17. The number of hydrogen-bond acceptors (Lipinski definition) is 2. The number of nitrogens with zero attached hydrogens (tertiary/aromatic N) is 3. The summed E-state index contributed by atoms with van der Waals surface area (Å²) in [6.45, 7) is 27.0. The van der Waals surface area contributed by atoms with Crippen molar-refractivity contribution in [2.24, 2.45) is 0 Å². The average molecular weight is 1600 g/mol. The summed E-state index contributed by atoms with van der Waals surface area (Å²) in [4.78, 5) is 5.06. The van der Waals surface area contributed by atoms with Crippen LogP contribution in [-0.2, 0) is 32.5 Å². The molecule has 4 heteroatoms. The minimum absolute atomic E-state index is 0.00610. The number of anilines is 6. The summed E-state index contributed by atoms with van der Waals surface area (Å²) in [7, 11) is 0. The van der Waals surface area contributed by atoms with Crippen molar-refractivity contribution in [3.8, 4) is 94.7 Å². The molecular formula is C120H96BN3. The molecular weight excluding hydrogens is 1490 g/mol. The van der Waals surface area contributed by atoms with Crippen molar-refractivity contribution in [3.05, 3.63) is 431 Å². The van der Waals surface area contributed by atoms with E-state index < -0.39 is 53.8 Å². The Kier molecular flexibility index (Phi) is 14.0. The molecule has 24 rings (SSSR count). The first-order valence-corrected chi connectivity index (χ1v) is 43.8. The van der Waals surface area contributed by atoms with E-state index >= 15 is 0 Å². The first-order valence-electron chi connectivity index (χ1n) is 47.8. The molecule has 3 heterocycles. The monoisotopic (exact) mass is 1600 g/mol. The predicted molar refractivity (Wildman–Crippen MR) is 524 cm³/mol. The molecule has 0 saturated heterocycles. The van der Waals surface area contributed by atoms with Gasteiger partial charge in [-0.15, -0.1) is 0 Å². The molecule has 594 valence electrons. The summed E-state index contributed by atoms with van der Waals surface area (Å²) >= 11 is 0. The van der Waals surface area contributed by atoms with Crippen LogP contribution >= 0.6 is 0 Å². The van der Waals surface area contributed by atoms with Crippen LogP contribution in [0.3, 0.4) is 0 Å². The van der Waals surface area contributed by atoms with E-state index in [-0.39, 0.29) is 55.6 Å². The highest BCUT2D eigenvalue weighted by Crippen LogP contribution is 2.68. The third kappa shape index (κ3) is 10.5. The normalized spacial score (nSPS) is 15.3. The Hall–Kier alpha value is -13.8. The zero-order valence-corrected chi connectivity index (χ0v) is 71.9. The van der Waals surface area contributed by atoms with Crippen molar-refractivity contribution in [1.82, 2.24) is 4.57 Å². The Balaban J connectivity index is 0.906. The lowest BCUT2D eigenvalue weighted by Crippen LogP contribution is -2.61. The lowest BCUT2D eigenvalue weighted by Gasteiger charge is -2.45. The molecule has 0 amide bonds. The minimum Gasteiger partial charge on any atom is -0.311 e. The molecule has 0 saturated carbocycles. The van der Waals surface area contributed by atoms with Crippen LogP contribution in [0.5, 0.6) is 0 Å². The summed E-state index contributed by atoms with van der Waals surface area (Å²) in [5, 5.41) is -0.0122. The summed E-state index contributed by atoms with van der Waals surface area (Å²) < 4.78 is 81.6. The van der Waals surface area contributed by atoms with Gasteiger partial charge in [0.2, 0.25) is 0 Å². The van der Waals surface area contributed by atoms with Gasteiger partial charge in [0.1, 0.15) is 0 Å². The van der Waals surface area contributed by atoms with E-state index in [2.05, 4.69) is 408 Å². The summed E-state index contributed by atoms with van der Waals surface area (Å²) in [5.41, 5.74) is 37.6. The second kappa shape index (κ2) is 26.4. The van der Waals surface area contributed by atoms with E-state index in [1.54, 1.807) is 4.57 Å². The summed E-state index contributed by atoms with van der Waals surface area (Å²) in [5.74, 6) is 0. The predicted octanol–water partition coefficient (Wildman–Crippen LogP) is 29.4. The third-order valence-corrected chi connectivity index (χ3v) is 28.2. The van der Waals surface area contributed by atoms with Crippen molar-refractivity contribution in [2.75, 3.05) is 9.80 Å². The van der Waals surface area contributed by atoms with Crippen LogP contribution in [0.1, 0.15) is 161 Å². The van der Waals surface area contributed by atoms with E-state index in [9.17, 15) is 11.0 Å². The Bertz CT molecular complexity index is 7510. The molecule has 0 unspecified atom stereocenters. The fourth-order valence-corrected chi connectivity index (χ4v) is 22.3. The number of para-hydroxylation sites is 2. The van der Waals surface area contributed by atoms with Crippen LogP contribution in [0.15, 0.2) is 364 Å². The highest BCUT2D eigenvalue weighted by Gasteiger charge is 2.56. The Morgan fingerprint density at radius 2 is 0.573 bits per heavy atom. The molecule has 0 fully saturated rings. The zero-order chi connectivity index (χ0) is 90.9. The summed E-state index contributed by atoms with van der Waals surface area (Å²) in [6, 6.07) is 115. The number of fused-ring (bicyclic) bond motifs is 27. The van der Waals surface area contributed by atoms with Gasteiger partial charge in [-0.05, 0) is 243 Å². The maximum Gasteiger partial charge on any atom is 0.252 e. The van der Waals surface area contributed by atoms with Gasteiger partial charge in [0.05, 0.1) is 49.9 Å². The van der Waals surface area contributed by atoms with E-state index in [0.29, 0.717) is 5.69 Å². The molecule has 0 N–H and O–H groups in total. The SMILES string of the molecule is [2H]c1c([2H])c([2H])c2c(c1[2H])c1c([2H])c([2H])c([2H])c([2H])c1n2-c1cc2c3c(c1)N(c1cccc4c1-c1cc(-c5ccccc5)ccc1C41c4ccccc4-c4ccccc41)c1cc(-c4cc(C(C)(C)C)cc(C(C)(C)C)c4)ccc1B3c1ccc(-c3cc(C(C)(C)C)cc(C(C)(C)C)c3)cc1N2c1cccc2c1-c1cc(-c3ccccc3)ccc1C21c2ccccc2-c2ccccc21. The van der Waals surface area contributed by atoms with Gasteiger partial charge >= 0.3 is 0 Å². The van der Waals surface area contributed by atoms with Crippen LogP contribution < -0.4 is 26.2 Å². The molecule has 18 aromatic rings. The van der Waals surface area contributed by atoms with Gasteiger partial charge in [0, 0.05) is 44.6 Å². The van der Waals surface area contributed by atoms with Gasteiger partial charge in [-0.2, -0.15) is 0 Å². The highest BCUT2D eigenvalue weighted by molar-refractivity contribution is 7.00. The molecule has 17 aromatic carbocycles. The molecule has 6 aliphatic rings. The molecule has 1 aromatic heterocycles. The number of aromatic nitrogens is 1. The second-order valence-corrected chi connectivity index (χ2v) is 39.3. The van der Waals surface area contributed by atoms with Crippen molar-refractivity contribution in [1.29, 1.82) is 0 Å². The maximum atomic E-state index is 10.5. The topological polar surface area (TPSA) is 11.4 Å². The largest absolute Gasteiger partial charge is 0.311 e. The van der Waals surface area contributed by atoms with Gasteiger partial charge in [0.15, 0.2) is 0 Å². The van der Waals surface area contributed by atoms with Crippen LogP contribution in [-0.4, -0.2) is 11.3 Å². The Labute approximate surface area is 740 Å². The van der Waals surface area contributed by atoms with Crippen molar-refractivity contribution in [3.63, 3.8) is 0 Å². The van der Waals surface area contributed by atoms with E-state index in [1.165, 1.54) is 66.8 Å². The summed E-state index contributed by atoms with van der Waals surface area (Å²) in [6.07, 6.45) is 0. The maximum absolute atomic E-state index is 10.5. The quantitative estimate of drug-likeness (QED) is 0.147. The minimum atomic E-state index is -0.824. The van der Waals surface area contributed by atoms with Gasteiger partial charge < -0.3 is 14.4 Å². The molecule has 0 bridgehead atoms. The zero-order valence-electron chi connectivity index (χ0n) is 79.9. The fraction of sp³-hybridized carbons (Fsp3) is 0.150. The second-order valence-electron chi connectivity index (χ2n) is 39.3. The highest BCUT2D eigenvalue weighted by atomic mass is 15.2. The van der Waals surface area contributed by atoms with Crippen LogP contribution in [0.4, 0.5) is 34.1 Å². The molecule has 2 spiro atoms. The third-order valence-electron chi connectivity index (χ3n) is 28.2. The Morgan fingerprint density at radius 1 is 0.250 bits per heavy atom. The van der Waals surface area contributed by atoms with Crippen molar-refractivity contribution >= 4 is 79.0 Å². The molecule has 0 radical (unpaired) electrons. The standard InChI is InChI=1S/C120H96BN3/c1-115(2,3)81-61-79(62-82(69-81)116(4,5)6)77-55-59-102-108(67-77)123(106-51-31-47-100-112(106)92-65-75(73-33-15-13-16-34-73)53-57-98(92)119(100)94-43-25-19-37-86(94)87-38-20-26-44-95(87)119)110-71-85(122-104-49-29-23-41-90(104)91-42-24-30-50-105(91)122)72-111-114(110)121(102)103-60-56-78(80-63-83(117(7,8)9)70-84(64-80)118(10,11)12)68-109(103)124(111)107-52-32-48-101-113(107)93-66-76(74-35-17-14-18-36-74)54-58-99(93)120(101)96-45-27-21-39-88(96)89-40-22-28-46-97(89)120/h13-72H,1-12H3/i23D,24D,29D,30D,41D,42D,49D,50D. The molecule has 3 nitrogen and oxygen atoms in total. The molecule has 2 aliphatic heterocycles. The first-order chi connectivity index (χ1) is 63.3. The van der Waals surface area contributed by atoms with Gasteiger partial charge in [-0.3, -0.25) is 0 Å². The number of rotatable bonds is 7. The van der Waals surface area contributed by atoms with Crippen LogP contribution in [0.2, 0.25) is 0 Å². The van der Waals surface area contributed by atoms with E-state index in [0.717, 1.165) is 140 Å². The van der Waals surface area contributed by atoms with E-state index in [1.807, 2.05) is 0 Å². The molecule has 4 aliphatic carbocycles. The molecule has 124 heavy (non-hydrogen) atoms. The van der Waals surface area contributed by atoms with Crippen LogP contribution in [0, 0.1) is 0 Å². The smallest absolute Gasteiger partial charge is 0.252 e. The van der Waals surface area contributed by atoms with Crippen molar-refractivity contribution in [2.45, 2.75) is 116 Å². The lowest BCUT2D eigenvalue weighted by atomic mass is 9.33. The van der Waals surface area contributed by atoms with Gasteiger partial charge in [-0.25, -0.2) is 0 Å². The average Bonchev–Trinajstić information content (AvgIpc) is 1.54. The van der Waals surface area contributed by atoms with Crippen molar-refractivity contribution < 1.29 is 11.0 Å². The van der Waals surface area contributed by atoms with Gasteiger partial charge in [-0.1, -0.05) is 386 Å². The fourth-order valence-electron chi connectivity index (χ4n) is 22.3. The lowest BCUT2D eigenvalue weighted by molar-refractivity contribution is 0.568. The number of hydrogen-bond donors (Lipinski definition) is 0. The van der Waals surface area contributed by atoms with Gasteiger partial charge in [0.25, 0.3) is 6.71 Å². The Morgan fingerprint density at radius 3 is 0.944 bits per heavy atom. The van der Waals surface area contributed by atoms with Crippen LogP contribution in [0.25, 0.3) is 117 Å². The first kappa shape index (κ1) is 65.9. The molecule has 0 atom stereocenters.